The number of aromatic hydroxyl groups is 1. The number of benzene rings is 1. The number of rotatable bonds is 4. The maximum absolute atomic E-state index is 9.91. The minimum atomic E-state index is -0.314. The smallest absolute Gasteiger partial charge is 0.320 e. The van der Waals surface area contributed by atoms with Crippen LogP contribution >= 0.6 is 11.6 Å². The molecule has 0 fully saturated rings. The Morgan fingerprint density at radius 2 is 2.17 bits per heavy atom. The SMILES string of the molecule is COc1ccc(Cl)cc1-c1nc(/C=[NH+]/c2ccccn2)c(O)o1. The van der Waals surface area contributed by atoms with Crippen LogP contribution < -0.4 is 9.73 Å². The van der Waals surface area contributed by atoms with Gasteiger partial charge < -0.3 is 14.3 Å². The van der Waals surface area contributed by atoms with E-state index < -0.39 is 0 Å². The van der Waals surface area contributed by atoms with Gasteiger partial charge in [-0.1, -0.05) is 22.7 Å². The Kier molecular flexibility index (Phi) is 4.25. The summed E-state index contributed by atoms with van der Waals surface area (Å²) in [7, 11) is 1.53. The van der Waals surface area contributed by atoms with E-state index in [9.17, 15) is 5.11 Å². The van der Waals surface area contributed by atoms with E-state index in [1.165, 1.54) is 13.3 Å². The van der Waals surface area contributed by atoms with Crippen molar-refractivity contribution in [2.24, 2.45) is 0 Å². The van der Waals surface area contributed by atoms with Gasteiger partial charge in [-0.15, -0.1) is 0 Å². The van der Waals surface area contributed by atoms with Crippen molar-refractivity contribution >= 4 is 23.6 Å². The molecule has 0 aliphatic heterocycles. The summed E-state index contributed by atoms with van der Waals surface area (Å²) in [4.78, 5) is 11.3. The van der Waals surface area contributed by atoms with E-state index in [2.05, 4.69) is 15.0 Å². The number of nitrogens with one attached hydrogen (secondary N) is 1. The third-order valence-corrected chi connectivity index (χ3v) is 3.28. The fraction of sp³-hybridized carbons (Fsp3) is 0.0625. The third kappa shape index (κ3) is 3.32. The molecule has 3 aromatic rings. The van der Waals surface area contributed by atoms with E-state index in [0.29, 0.717) is 22.2 Å². The summed E-state index contributed by atoms with van der Waals surface area (Å²) in [6.45, 7) is 0. The molecule has 0 bridgehead atoms. The molecule has 0 amide bonds. The highest BCUT2D eigenvalue weighted by Gasteiger charge is 2.17. The van der Waals surface area contributed by atoms with Gasteiger partial charge in [0.1, 0.15) is 18.2 Å². The van der Waals surface area contributed by atoms with Crippen LogP contribution in [-0.4, -0.2) is 28.4 Å². The molecule has 0 radical (unpaired) electrons. The van der Waals surface area contributed by atoms with Crippen molar-refractivity contribution in [2.45, 2.75) is 0 Å². The Labute approximate surface area is 137 Å². The Balaban J connectivity index is 1.95. The topological polar surface area (TPSA) is 82.4 Å². The maximum atomic E-state index is 9.91. The van der Waals surface area contributed by atoms with E-state index in [1.54, 1.807) is 30.5 Å². The molecule has 0 atom stereocenters. The summed E-state index contributed by atoms with van der Waals surface area (Å²) < 4.78 is 10.6. The molecule has 0 aliphatic rings. The number of hydrogen-bond acceptors (Lipinski definition) is 5. The van der Waals surface area contributed by atoms with Crippen molar-refractivity contribution in [1.82, 2.24) is 9.97 Å². The van der Waals surface area contributed by atoms with Crippen LogP contribution in [0.3, 0.4) is 0 Å². The Morgan fingerprint density at radius 3 is 2.91 bits per heavy atom. The van der Waals surface area contributed by atoms with Crippen LogP contribution in [-0.2, 0) is 0 Å². The molecular formula is C16H13ClN3O3+. The second-order valence-corrected chi connectivity index (χ2v) is 4.99. The van der Waals surface area contributed by atoms with Gasteiger partial charge >= 0.3 is 11.8 Å². The second kappa shape index (κ2) is 6.50. The van der Waals surface area contributed by atoms with Crippen LogP contribution in [0, 0.1) is 0 Å². The third-order valence-electron chi connectivity index (χ3n) is 3.05. The minimum absolute atomic E-state index is 0.205. The number of oxazole rings is 1. The van der Waals surface area contributed by atoms with E-state index in [4.69, 9.17) is 20.8 Å². The second-order valence-electron chi connectivity index (χ2n) is 4.56. The molecule has 0 saturated heterocycles. The Morgan fingerprint density at radius 1 is 1.30 bits per heavy atom. The van der Waals surface area contributed by atoms with Gasteiger partial charge in [0.2, 0.25) is 5.89 Å². The van der Waals surface area contributed by atoms with Gasteiger partial charge in [0, 0.05) is 11.1 Å². The van der Waals surface area contributed by atoms with E-state index in [0.717, 1.165) is 0 Å². The van der Waals surface area contributed by atoms with Crippen molar-refractivity contribution in [2.75, 3.05) is 7.11 Å². The average molecular weight is 331 g/mol. The molecule has 0 aliphatic carbocycles. The quantitative estimate of drug-likeness (QED) is 0.714. The van der Waals surface area contributed by atoms with Crippen LogP contribution in [0.15, 0.2) is 47.0 Å². The summed E-state index contributed by atoms with van der Waals surface area (Å²) >= 11 is 6.00. The predicted octanol–water partition coefficient (Wildman–Crippen LogP) is 1.94. The first-order valence-electron chi connectivity index (χ1n) is 6.72. The van der Waals surface area contributed by atoms with Crippen molar-refractivity contribution < 1.29 is 19.3 Å². The minimum Gasteiger partial charge on any atom is -0.496 e. The Bertz CT molecular complexity index is 847. The lowest BCUT2D eigenvalue weighted by Crippen LogP contribution is -2.62. The fourth-order valence-electron chi connectivity index (χ4n) is 1.97. The summed E-state index contributed by atoms with van der Waals surface area (Å²) in [6, 6.07) is 10.5. The van der Waals surface area contributed by atoms with Crippen LogP contribution in [0.25, 0.3) is 11.5 Å². The summed E-state index contributed by atoms with van der Waals surface area (Å²) in [6.07, 6.45) is 3.16. The van der Waals surface area contributed by atoms with E-state index in [-0.39, 0.29) is 17.5 Å². The predicted molar refractivity (Wildman–Crippen MR) is 85.2 cm³/mol. The first-order valence-corrected chi connectivity index (χ1v) is 7.09. The van der Waals surface area contributed by atoms with Crippen LogP contribution in [0.2, 0.25) is 5.02 Å². The molecule has 2 heterocycles. The zero-order chi connectivity index (χ0) is 16.2. The summed E-state index contributed by atoms with van der Waals surface area (Å²) in [5, 5.41) is 10.4. The lowest BCUT2D eigenvalue weighted by Gasteiger charge is -2.04. The molecule has 2 aromatic heterocycles. The normalized spacial score (nSPS) is 11.0. The monoisotopic (exact) mass is 330 g/mol. The molecular weight excluding hydrogens is 318 g/mol. The van der Waals surface area contributed by atoms with Gasteiger partial charge in [0.15, 0.2) is 5.69 Å². The number of aromatic nitrogens is 2. The molecule has 0 unspecified atom stereocenters. The standard InChI is InChI=1S/C16H12ClN3O3/c1-22-13-6-5-10(17)8-11(13)15-20-12(16(21)23-15)9-19-14-4-2-3-7-18-14/h2-9,21H,1H3/p+1/b19-9+. The van der Waals surface area contributed by atoms with Crippen molar-refractivity contribution in [3.05, 3.63) is 53.3 Å². The highest BCUT2D eigenvalue weighted by Crippen LogP contribution is 2.34. The highest BCUT2D eigenvalue weighted by atomic mass is 35.5. The molecule has 7 heteroatoms. The van der Waals surface area contributed by atoms with Crippen molar-refractivity contribution in [3.63, 3.8) is 0 Å². The first-order chi connectivity index (χ1) is 11.2. The Hall–Kier alpha value is -2.86. The van der Waals surface area contributed by atoms with Crippen molar-refractivity contribution in [1.29, 1.82) is 0 Å². The van der Waals surface area contributed by atoms with Gasteiger partial charge in [-0.25, -0.2) is 9.98 Å². The number of halogens is 1. The number of methoxy groups -OCH3 is 1. The van der Waals surface area contributed by atoms with Gasteiger partial charge in [-0.05, 0) is 24.3 Å². The molecule has 0 saturated carbocycles. The van der Waals surface area contributed by atoms with Crippen LogP contribution in [0.1, 0.15) is 5.69 Å². The van der Waals surface area contributed by atoms with Gasteiger partial charge in [0.25, 0.3) is 0 Å². The first kappa shape index (κ1) is 15.1. The molecule has 6 nitrogen and oxygen atoms in total. The van der Waals surface area contributed by atoms with Crippen molar-refractivity contribution in [3.8, 4) is 23.1 Å². The summed E-state index contributed by atoms with van der Waals surface area (Å²) in [5.74, 6) is 1.05. The zero-order valence-corrected chi connectivity index (χ0v) is 12.9. The van der Waals surface area contributed by atoms with Crippen LogP contribution in [0.5, 0.6) is 11.7 Å². The zero-order valence-electron chi connectivity index (χ0n) is 12.2. The largest absolute Gasteiger partial charge is 0.496 e. The van der Waals surface area contributed by atoms with Crippen LogP contribution in [0.4, 0.5) is 5.82 Å². The fourth-order valence-corrected chi connectivity index (χ4v) is 2.14. The molecule has 0 spiro atoms. The lowest BCUT2D eigenvalue weighted by atomic mass is 10.2. The number of nitrogens with zero attached hydrogens (tertiary/aromatic N) is 2. The number of hydrogen-bond donors (Lipinski definition) is 2. The molecule has 23 heavy (non-hydrogen) atoms. The summed E-state index contributed by atoms with van der Waals surface area (Å²) in [5.41, 5.74) is 0.792. The van der Waals surface area contributed by atoms with E-state index >= 15 is 0 Å². The molecule has 2 N–H and O–H groups in total. The maximum Gasteiger partial charge on any atom is 0.320 e. The highest BCUT2D eigenvalue weighted by molar-refractivity contribution is 6.30. The average Bonchev–Trinajstić information content (AvgIpc) is 2.95. The molecule has 116 valence electrons. The van der Waals surface area contributed by atoms with Gasteiger partial charge in [0.05, 0.1) is 12.7 Å². The number of ether oxygens (including phenoxy) is 1. The van der Waals surface area contributed by atoms with E-state index in [1.807, 2.05) is 12.1 Å². The lowest BCUT2D eigenvalue weighted by molar-refractivity contribution is -0.352. The van der Waals surface area contributed by atoms with Gasteiger partial charge in [-0.3, -0.25) is 0 Å². The molecule has 1 aromatic carbocycles. The number of pyridine rings is 1. The van der Waals surface area contributed by atoms with Gasteiger partial charge in [-0.2, -0.15) is 0 Å². The molecule has 3 rings (SSSR count).